The van der Waals surface area contributed by atoms with Crippen LogP contribution in [0.25, 0.3) is 0 Å². The molecule has 0 aromatic heterocycles. The van der Waals surface area contributed by atoms with Crippen molar-refractivity contribution in [3.8, 4) is 0 Å². The van der Waals surface area contributed by atoms with Crippen LogP contribution in [0, 0.1) is 0 Å². The van der Waals surface area contributed by atoms with Crippen molar-refractivity contribution in [1.82, 2.24) is 0 Å². The van der Waals surface area contributed by atoms with Crippen molar-refractivity contribution < 1.29 is 43.7 Å². The first kappa shape index (κ1) is 32.1. The van der Waals surface area contributed by atoms with Crippen LogP contribution in [-0.2, 0) is 13.7 Å². The minimum Gasteiger partial charge on any atom is -0.800 e. The summed E-state index contributed by atoms with van der Waals surface area (Å²) in [5.74, 6) is -3.57. The number of hydrogen-bond donors (Lipinski definition) is 3. The number of hydrogen-bond acceptors (Lipinski definition) is 9. The van der Waals surface area contributed by atoms with Crippen LogP contribution in [-0.4, -0.2) is 66.2 Å². The number of halogens is 3. The van der Waals surface area contributed by atoms with Gasteiger partial charge in [-0.1, -0.05) is 47.8 Å². The maximum Gasteiger partial charge on any atom is 3.00 e. The standard InChI is InChI=1S/3C2H6BrO3P.Al/c3*3-1-2(4)7(5)6;/h3*2,4,7H,1H2,(H,5,6);/q;;;+3/p-3. The first-order chi connectivity index (χ1) is 9.54. The van der Waals surface area contributed by atoms with E-state index in [1.54, 1.807) is 0 Å². The zero-order chi connectivity index (χ0) is 17.6. The smallest absolute Gasteiger partial charge is 0.800 e. The number of aliphatic hydroxyl groups excluding tert-OH is 3. The van der Waals surface area contributed by atoms with Gasteiger partial charge in [0.05, 0.1) is 0 Å². The van der Waals surface area contributed by atoms with Crippen LogP contribution in [0.2, 0.25) is 0 Å². The van der Waals surface area contributed by atoms with Gasteiger partial charge in [0.1, 0.15) is 17.5 Å². The van der Waals surface area contributed by atoms with Crippen LogP contribution in [0.4, 0.5) is 0 Å². The number of alkyl halides is 3. The molecule has 0 bridgehead atoms. The Hall–Kier alpha value is 2.42. The molecule has 0 fully saturated rings. The molecule has 9 nitrogen and oxygen atoms in total. The van der Waals surface area contributed by atoms with E-state index in [4.69, 9.17) is 15.3 Å². The minimum absolute atomic E-state index is 0. The fourth-order valence-corrected chi connectivity index (χ4v) is 2.95. The van der Waals surface area contributed by atoms with Gasteiger partial charge in [-0.15, -0.1) is 0 Å². The summed E-state index contributed by atoms with van der Waals surface area (Å²) in [6.07, 6.45) is 0. The summed E-state index contributed by atoms with van der Waals surface area (Å²) < 4.78 is 29.2. The fourth-order valence-electron chi connectivity index (χ4n) is 0.189. The third-order valence-electron chi connectivity index (χ3n) is 1.25. The summed E-state index contributed by atoms with van der Waals surface area (Å²) in [4.78, 5) is 29.2. The molecular formula is C6H15AlBr3O9P3. The number of aliphatic hydroxyl groups is 3. The fraction of sp³-hybridized carbons (Fsp3) is 1.00. The van der Waals surface area contributed by atoms with Crippen LogP contribution < -0.4 is 14.7 Å². The maximum atomic E-state index is 9.72. The van der Waals surface area contributed by atoms with Crippen molar-refractivity contribution in [3.05, 3.63) is 0 Å². The molecule has 22 heavy (non-hydrogen) atoms. The summed E-state index contributed by atoms with van der Waals surface area (Å²) in [6.45, 7) is 0. The van der Waals surface area contributed by atoms with Crippen LogP contribution >= 0.6 is 71.9 Å². The average Bonchev–Trinajstić information content (AvgIpc) is 2.45. The Kier molecular flexibility index (Phi) is 31.3. The Bertz CT molecular complexity index is 279. The molecule has 0 aromatic rings. The van der Waals surface area contributed by atoms with Crippen LogP contribution in [0.3, 0.4) is 0 Å². The molecule has 0 saturated carbocycles. The van der Waals surface area contributed by atoms with Gasteiger partial charge in [-0.05, 0) is 0 Å². The van der Waals surface area contributed by atoms with Gasteiger partial charge in [0.15, 0.2) is 0 Å². The third kappa shape index (κ3) is 24.7. The molecule has 0 spiro atoms. The predicted molar refractivity (Wildman–Crippen MR) is 92.2 cm³/mol. The van der Waals surface area contributed by atoms with E-state index < -0.39 is 41.6 Å². The molecule has 0 radical (unpaired) electrons. The molecule has 6 atom stereocenters. The van der Waals surface area contributed by atoms with E-state index in [2.05, 4.69) is 47.8 Å². The largest absolute Gasteiger partial charge is 3.00 e. The molecule has 0 aliphatic heterocycles. The van der Waals surface area contributed by atoms with Gasteiger partial charge in [-0.3, -0.25) is 0 Å². The molecule has 0 aliphatic carbocycles. The van der Waals surface area contributed by atoms with Gasteiger partial charge in [0, 0.05) is 40.1 Å². The van der Waals surface area contributed by atoms with E-state index in [1.165, 1.54) is 0 Å². The minimum atomic E-state index is -2.95. The Morgan fingerprint density at radius 1 is 0.682 bits per heavy atom. The Morgan fingerprint density at radius 2 is 0.818 bits per heavy atom. The quantitative estimate of drug-likeness (QED) is 0.183. The number of rotatable bonds is 6. The molecule has 0 rings (SSSR count). The molecule has 0 aromatic carbocycles. The second kappa shape index (κ2) is 21.5. The van der Waals surface area contributed by atoms with E-state index in [0.29, 0.717) is 0 Å². The third-order valence-corrected chi connectivity index (χ3v) is 7.13. The zero-order valence-corrected chi connectivity index (χ0v) is 19.8. The van der Waals surface area contributed by atoms with Gasteiger partial charge >= 0.3 is 17.4 Å². The monoisotopic (exact) mass is 588 g/mol. The molecule has 0 saturated heterocycles. The molecule has 6 unspecified atom stereocenters. The molecular weight excluding hydrogens is 576 g/mol. The molecule has 16 heteroatoms. The van der Waals surface area contributed by atoms with Gasteiger partial charge in [-0.2, -0.15) is 0 Å². The second-order valence-electron chi connectivity index (χ2n) is 2.97. The molecule has 0 heterocycles. The van der Waals surface area contributed by atoms with E-state index in [9.17, 15) is 28.4 Å². The normalized spacial score (nSPS) is 17.9. The summed E-state index contributed by atoms with van der Waals surface area (Å²) in [5, 5.41) is 25.2. The zero-order valence-electron chi connectivity index (χ0n) is 10.9. The summed E-state index contributed by atoms with van der Waals surface area (Å²) in [6, 6.07) is 0. The Morgan fingerprint density at radius 3 is 0.818 bits per heavy atom. The summed E-state index contributed by atoms with van der Waals surface area (Å²) in [5.41, 5.74) is 0. The van der Waals surface area contributed by atoms with Crippen molar-refractivity contribution in [2.75, 3.05) is 16.0 Å². The Balaban J connectivity index is -0.000000108. The topological polar surface area (TPSA) is 181 Å². The molecule has 0 aliphatic rings. The van der Waals surface area contributed by atoms with E-state index in [-0.39, 0.29) is 33.4 Å². The van der Waals surface area contributed by atoms with Gasteiger partial charge in [-0.25, -0.2) is 0 Å². The molecule has 3 N–H and O–H groups in total. The Labute approximate surface area is 165 Å². The van der Waals surface area contributed by atoms with Crippen molar-refractivity contribution in [3.63, 3.8) is 0 Å². The van der Waals surface area contributed by atoms with Crippen molar-refractivity contribution in [2.24, 2.45) is 0 Å². The van der Waals surface area contributed by atoms with Crippen LogP contribution in [0.5, 0.6) is 0 Å². The van der Waals surface area contributed by atoms with Crippen LogP contribution in [0.1, 0.15) is 0 Å². The van der Waals surface area contributed by atoms with E-state index in [0.717, 1.165) is 0 Å². The average molecular weight is 591 g/mol. The van der Waals surface area contributed by atoms with Gasteiger partial charge in [0.25, 0.3) is 0 Å². The van der Waals surface area contributed by atoms with E-state index in [1.807, 2.05) is 0 Å². The van der Waals surface area contributed by atoms with Crippen molar-refractivity contribution in [1.29, 1.82) is 0 Å². The van der Waals surface area contributed by atoms with E-state index >= 15 is 0 Å². The molecule has 132 valence electrons. The van der Waals surface area contributed by atoms with Crippen molar-refractivity contribution >= 4 is 89.2 Å². The maximum absolute atomic E-state index is 9.72. The van der Waals surface area contributed by atoms with Crippen LogP contribution in [0.15, 0.2) is 0 Å². The summed E-state index contributed by atoms with van der Waals surface area (Å²) >= 11 is 8.37. The van der Waals surface area contributed by atoms with Gasteiger partial charge < -0.3 is 43.7 Å². The summed E-state index contributed by atoms with van der Waals surface area (Å²) in [7, 11) is -8.86. The first-order valence-electron chi connectivity index (χ1n) is 4.89. The van der Waals surface area contributed by atoms with Gasteiger partial charge in [0.2, 0.25) is 0 Å². The second-order valence-corrected chi connectivity index (χ2v) is 8.82. The molecule has 0 amide bonds. The van der Waals surface area contributed by atoms with Crippen molar-refractivity contribution in [2.45, 2.75) is 17.5 Å². The SMILES string of the molecule is O=[PH]([O-])C(O)CBr.O=[PH]([O-])C(O)CBr.O=[PH]([O-])C(O)CBr.[Al+3]. The predicted octanol–water partition coefficient (Wildman–Crippen LogP) is -1.78. The first-order valence-corrected chi connectivity index (χ1v) is 12.4.